The fourth-order valence-corrected chi connectivity index (χ4v) is 1.97. The summed E-state index contributed by atoms with van der Waals surface area (Å²) in [6.07, 6.45) is 1.83. The number of carbonyl (C=O) groups excluding carboxylic acids is 2. The van der Waals surface area contributed by atoms with Gasteiger partial charge < -0.3 is 9.47 Å². The van der Waals surface area contributed by atoms with Crippen LogP contribution in [0.25, 0.3) is 0 Å². The Balaban J connectivity index is 3.29. The molecule has 0 aromatic heterocycles. The second-order valence-corrected chi connectivity index (χ2v) is 4.42. The van der Waals surface area contributed by atoms with E-state index in [2.05, 4.69) is 11.5 Å². The molecule has 1 aromatic carbocycles. The van der Waals surface area contributed by atoms with Crippen LogP contribution in [0, 0.1) is 0 Å². The Labute approximate surface area is 125 Å². The molecule has 0 fully saturated rings. The van der Waals surface area contributed by atoms with E-state index in [-0.39, 0.29) is 0 Å². The van der Waals surface area contributed by atoms with E-state index < -0.39 is 5.97 Å². The highest BCUT2D eigenvalue weighted by atomic mass is 16.6. The van der Waals surface area contributed by atoms with E-state index >= 15 is 0 Å². The van der Waals surface area contributed by atoms with Crippen molar-refractivity contribution in [3.63, 3.8) is 0 Å². The van der Waals surface area contributed by atoms with Crippen molar-refractivity contribution in [2.75, 3.05) is 20.2 Å². The van der Waals surface area contributed by atoms with Crippen molar-refractivity contribution in [1.82, 2.24) is 4.90 Å². The number of ether oxygens (including phenoxy) is 2. The molecule has 5 nitrogen and oxygen atoms in total. The van der Waals surface area contributed by atoms with Crippen molar-refractivity contribution in [3.05, 3.63) is 35.9 Å². The summed E-state index contributed by atoms with van der Waals surface area (Å²) in [5.41, 5.74) is 1.21. The molecule has 0 aliphatic rings. The number of hydrogen-bond acceptors (Lipinski definition) is 5. The highest BCUT2D eigenvalue weighted by molar-refractivity contribution is 5.85. The molecule has 0 aliphatic carbocycles. The van der Waals surface area contributed by atoms with Crippen LogP contribution in [0.4, 0.5) is 0 Å². The molecule has 5 heteroatoms. The van der Waals surface area contributed by atoms with Gasteiger partial charge in [-0.3, -0.25) is 9.69 Å². The average Bonchev–Trinajstić information content (AvgIpc) is 2.52. The Kier molecular flexibility index (Phi) is 6.62. The summed E-state index contributed by atoms with van der Waals surface area (Å²) < 4.78 is 10.5. The standard InChI is InChI=1S/C16H21NO4/c1-5-15(19)21-16-13(10-17(6-2)7-3)8-12(11-18)9-14(16)20-4/h5,8-9,11H,1,6-7,10H2,2-4H3. The molecule has 1 rings (SSSR count). The van der Waals surface area contributed by atoms with Gasteiger partial charge in [0.25, 0.3) is 0 Å². The fourth-order valence-electron chi connectivity index (χ4n) is 1.97. The van der Waals surface area contributed by atoms with E-state index in [0.29, 0.717) is 23.6 Å². The van der Waals surface area contributed by atoms with Crippen LogP contribution in [0.1, 0.15) is 29.8 Å². The van der Waals surface area contributed by atoms with Crippen molar-refractivity contribution in [3.8, 4) is 11.5 Å². The minimum atomic E-state index is -0.562. The van der Waals surface area contributed by atoms with Crippen LogP contribution < -0.4 is 9.47 Å². The monoisotopic (exact) mass is 291 g/mol. The molecule has 0 atom stereocenters. The zero-order chi connectivity index (χ0) is 15.8. The number of hydrogen-bond donors (Lipinski definition) is 0. The second-order valence-electron chi connectivity index (χ2n) is 4.42. The van der Waals surface area contributed by atoms with Gasteiger partial charge in [0.15, 0.2) is 11.5 Å². The predicted octanol–water partition coefficient (Wildman–Crippen LogP) is 2.44. The summed E-state index contributed by atoms with van der Waals surface area (Å²) in [4.78, 5) is 24.7. The van der Waals surface area contributed by atoms with Crippen molar-refractivity contribution in [1.29, 1.82) is 0 Å². The van der Waals surface area contributed by atoms with E-state index in [0.717, 1.165) is 31.0 Å². The molecule has 0 saturated carbocycles. The van der Waals surface area contributed by atoms with Gasteiger partial charge in [-0.25, -0.2) is 4.79 Å². The SMILES string of the molecule is C=CC(=O)Oc1c(CN(CC)CC)cc(C=O)cc1OC. The average molecular weight is 291 g/mol. The van der Waals surface area contributed by atoms with Gasteiger partial charge in [-0.1, -0.05) is 20.4 Å². The highest BCUT2D eigenvalue weighted by Gasteiger charge is 2.17. The minimum Gasteiger partial charge on any atom is -0.493 e. The molecular weight excluding hydrogens is 270 g/mol. The van der Waals surface area contributed by atoms with E-state index in [1.54, 1.807) is 12.1 Å². The van der Waals surface area contributed by atoms with Gasteiger partial charge in [0.2, 0.25) is 0 Å². The normalized spacial score (nSPS) is 10.3. The quantitative estimate of drug-likeness (QED) is 0.319. The molecule has 0 bridgehead atoms. The summed E-state index contributed by atoms with van der Waals surface area (Å²) in [5.74, 6) is 0.129. The number of aldehydes is 1. The van der Waals surface area contributed by atoms with Crippen molar-refractivity contribution in [2.45, 2.75) is 20.4 Å². The summed E-state index contributed by atoms with van der Waals surface area (Å²) in [6.45, 7) is 9.72. The first-order valence-corrected chi connectivity index (χ1v) is 6.82. The maximum absolute atomic E-state index is 11.5. The lowest BCUT2D eigenvalue weighted by atomic mass is 10.1. The molecule has 0 radical (unpaired) electrons. The first-order chi connectivity index (χ1) is 10.1. The first-order valence-electron chi connectivity index (χ1n) is 6.82. The molecule has 0 N–H and O–H groups in total. The minimum absolute atomic E-state index is 0.333. The lowest BCUT2D eigenvalue weighted by Gasteiger charge is -2.21. The van der Waals surface area contributed by atoms with Gasteiger partial charge in [-0.05, 0) is 25.2 Å². The Morgan fingerprint density at radius 2 is 2.00 bits per heavy atom. The van der Waals surface area contributed by atoms with Crippen LogP contribution in [-0.4, -0.2) is 37.4 Å². The van der Waals surface area contributed by atoms with E-state index in [1.165, 1.54) is 7.11 Å². The topological polar surface area (TPSA) is 55.8 Å². The fraction of sp³-hybridized carbons (Fsp3) is 0.375. The third kappa shape index (κ3) is 4.43. The third-order valence-electron chi connectivity index (χ3n) is 3.17. The van der Waals surface area contributed by atoms with E-state index in [4.69, 9.17) is 9.47 Å². The molecule has 0 spiro atoms. The predicted molar refractivity (Wildman–Crippen MR) is 80.8 cm³/mol. The maximum atomic E-state index is 11.5. The summed E-state index contributed by atoms with van der Waals surface area (Å²) in [5, 5.41) is 0. The van der Waals surface area contributed by atoms with Gasteiger partial charge in [0, 0.05) is 23.7 Å². The number of nitrogens with zero attached hydrogens (tertiary/aromatic N) is 1. The Hall–Kier alpha value is -2.14. The van der Waals surface area contributed by atoms with Gasteiger partial charge in [0.1, 0.15) is 6.29 Å². The summed E-state index contributed by atoms with van der Waals surface area (Å²) >= 11 is 0. The molecule has 0 aliphatic heterocycles. The van der Waals surface area contributed by atoms with Crippen molar-refractivity contribution < 1.29 is 19.1 Å². The highest BCUT2D eigenvalue weighted by Crippen LogP contribution is 2.33. The van der Waals surface area contributed by atoms with E-state index in [9.17, 15) is 9.59 Å². The summed E-state index contributed by atoms with van der Waals surface area (Å²) in [6, 6.07) is 3.25. The number of carbonyl (C=O) groups is 2. The smallest absolute Gasteiger partial charge is 0.335 e. The number of esters is 1. The molecule has 114 valence electrons. The molecule has 0 amide bonds. The van der Waals surface area contributed by atoms with Crippen molar-refractivity contribution in [2.24, 2.45) is 0 Å². The van der Waals surface area contributed by atoms with Crippen LogP contribution in [0.5, 0.6) is 11.5 Å². The van der Waals surface area contributed by atoms with Gasteiger partial charge in [-0.2, -0.15) is 0 Å². The van der Waals surface area contributed by atoms with Crippen LogP contribution in [-0.2, 0) is 11.3 Å². The second kappa shape index (κ2) is 8.21. The lowest BCUT2D eigenvalue weighted by Crippen LogP contribution is -2.23. The molecule has 21 heavy (non-hydrogen) atoms. The first kappa shape index (κ1) is 16.9. The van der Waals surface area contributed by atoms with Crippen molar-refractivity contribution >= 4 is 12.3 Å². The lowest BCUT2D eigenvalue weighted by molar-refractivity contribution is -0.129. The zero-order valence-electron chi connectivity index (χ0n) is 12.7. The van der Waals surface area contributed by atoms with Gasteiger partial charge >= 0.3 is 5.97 Å². The van der Waals surface area contributed by atoms with Crippen LogP contribution in [0.3, 0.4) is 0 Å². The Bertz CT molecular complexity index is 521. The number of methoxy groups -OCH3 is 1. The molecule has 0 unspecified atom stereocenters. The zero-order valence-corrected chi connectivity index (χ0v) is 12.7. The van der Waals surface area contributed by atoms with Crippen LogP contribution >= 0.6 is 0 Å². The van der Waals surface area contributed by atoms with Gasteiger partial charge in [-0.15, -0.1) is 0 Å². The molecule has 0 heterocycles. The third-order valence-corrected chi connectivity index (χ3v) is 3.17. The largest absolute Gasteiger partial charge is 0.493 e. The number of benzene rings is 1. The number of rotatable bonds is 8. The Morgan fingerprint density at radius 3 is 2.48 bits per heavy atom. The molecule has 1 aromatic rings. The Morgan fingerprint density at radius 1 is 1.33 bits per heavy atom. The van der Waals surface area contributed by atoms with Crippen LogP contribution in [0.15, 0.2) is 24.8 Å². The van der Waals surface area contributed by atoms with E-state index in [1.807, 2.05) is 13.8 Å². The maximum Gasteiger partial charge on any atom is 0.335 e. The molecule has 0 saturated heterocycles. The van der Waals surface area contributed by atoms with Gasteiger partial charge in [0.05, 0.1) is 7.11 Å². The molecular formula is C16H21NO4. The summed E-state index contributed by atoms with van der Waals surface area (Å²) in [7, 11) is 1.47. The van der Waals surface area contributed by atoms with Crippen LogP contribution in [0.2, 0.25) is 0 Å².